The zero-order chi connectivity index (χ0) is 11.8. The van der Waals surface area contributed by atoms with E-state index in [4.69, 9.17) is 11.6 Å². The Bertz CT molecular complexity index is 378. The standard InChI is InChI=1S/C7H2BrClF5N/c8-3-2(7(12,13)14)1-15-5(4(3)9)6(10)11/h1,6H. The second kappa shape index (κ2) is 4.21. The van der Waals surface area contributed by atoms with Crippen LogP contribution in [0, 0.1) is 0 Å². The molecule has 1 nitrogen and oxygen atoms in total. The van der Waals surface area contributed by atoms with Crippen molar-refractivity contribution in [2.75, 3.05) is 0 Å². The predicted octanol–water partition coefficient (Wildman–Crippen LogP) is 4.45. The van der Waals surface area contributed by atoms with Gasteiger partial charge in [-0.25, -0.2) is 8.78 Å². The van der Waals surface area contributed by atoms with Crippen LogP contribution in [0.25, 0.3) is 0 Å². The molecule has 15 heavy (non-hydrogen) atoms. The van der Waals surface area contributed by atoms with E-state index < -0.39 is 33.4 Å². The van der Waals surface area contributed by atoms with Crippen LogP contribution in [0.15, 0.2) is 10.7 Å². The first kappa shape index (κ1) is 12.6. The molecule has 0 aliphatic rings. The Labute approximate surface area is 94.4 Å². The predicted molar refractivity (Wildman–Crippen MR) is 46.9 cm³/mol. The van der Waals surface area contributed by atoms with Crippen molar-refractivity contribution in [3.63, 3.8) is 0 Å². The molecular formula is C7H2BrClF5N. The molecule has 0 radical (unpaired) electrons. The zero-order valence-electron chi connectivity index (χ0n) is 6.75. The molecule has 84 valence electrons. The fourth-order valence-electron chi connectivity index (χ4n) is 0.828. The molecule has 0 amide bonds. The van der Waals surface area contributed by atoms with Gasteiger partial charge in [0.25, 0.3) is 6.43 Å². The summed E-state index contributed by atoms with van der Waals surface area (Å²) in [5.41, 5.74) is -2.06. The fourth-order valence-corrected chi connectivity index (χ4v) is 1.59. The Morgan fingerprint density at radius 3 is 2.27 bits per heavy atom. The van der Waals surface area contributed by atoms with Gasteiger partial charge >= 0.3 is 6.18 Å². The molecule has 1 aromatic heterocycles. The number of hydrogen-bond donors (Lipinski definition) is 0. The van der Waals surface area contributed by atoms with E-state index in [2.05, 4.69) is 20.9 Å². The zero-order valence-corrected chi connectivity index (χ0v) is 9.09. The van der Waals surface area contributed by atoms with Crippen LogP contribution in [-0.2, 0) is 6.18 Å². The Hall–Kier alpha value is -0.430. The van der Waals surface area contributed by atoms with Crippen molar-refractivity contribution < 1.29 is 22.0 Å². The van der Waals surface area contributed by atoms with Crippen LogP contribution in [0.1, 0.15) is 17.7 Å². The molecule has 0 N–H and O–H groups in total. The number of aromatic nitrogens is 1. The number of nitrogens with zero attached hydrogens (tertiary/aromatic N) is 1. The summed E-state index contributed by atoms with van der Waals surface area (Å²) in [4.78, 5) is 2.97. The van der Waals surface area contributed by atoms with E-state index in [1.807, 2.05) is 0 Å². The molecule has 0 aliphatic heterocycles. The van der Waals surface area contributed by atoms with Gasteiger partial charge in [0.05, 0.1) is 15.1 Å². The van der Waals surface area contributed by atoms with Gasteiger partial charge in [0.1, 0.15) is 5.69 Å². The van der Waals surface area contributed by atoms with Gasteiger partial charge in [-0.15, -0.1) is 0 Å². The highest BCUT2D eigenvalue weighted by Crippen LogP contribution is 2.40. The monoisotopic (exact) mass is 309 g/mol. The van der Waals surface area contributed by atoms with Gasteiger partial charge in [0.2, 0.25) is 0 Å². The average molecular weight is 310 g/mol. The number of rotatable bonds is 1. The Balaban J connectivity index is 3.34. The van der Waals surface area contributed by atoms with Gasteiger partial charge in [0.15, 0.2) is 0 Å². The number of pyridine rings is 1. The van der Waals surface area contributed by atoms with Crippen LogP contribution < -0.4 is 0 Å². The maximum Gasteiger partial charge on any atom is 0.419 e. The molecular weight excluding hydrogens is 308 g/mol. The van der Waals surface area contributed by atoms with E-state index in [0.717, 1.165) is 0 Å². The van der Waals surface area contributed by atoms with Crippen molar-refractivity contribution in [2.24, 2.45) is 0 Å². The lowest BCUT2D eigenvalue weighted by Crippen LogP contribution is -2.08. The maximum absolute atomic E-state index is 12.2. The molecule has 0 saturated heterocycles. The first-order valence-corrected chi connectivity index (χ1v) is 4.61. The summed E-state index contributed by atoms with van der Waals surface area (Å²) in [5.74, 6) is 0. The SMILES string of the molecule is FC(F)c1ncc(C(F)(F)F)c(Br)c1Cl. The summed E-state index contributed by atoms with van der Waals surface area (Å²) in [7, 11) is 0. The molecule has 0 bridgehead atoms. The lowest BCUT2D eigenvalue weighted by atomic mass is 10.2. The third-order valence-corrected chi connectivity index (χ3v) is 2.93. The van der Waals surface area contributed by atoms with E-state index in [1.54, 1.807) is 0 Å². The number of alkyl halides is 5. The number of hydrogen-bond acceptors (Lipinski definition) is 1. The van der Waals surface area contributed by atoms with Gasteiger partial charge < -0.3 is 0 Å². The Morgan fingerprint density at radius 2 is 1.87 bits per heavy atom. The fraction of sp³-hybridized carbons (Fsp3) is 0.286. The molecule has 0 aliphatic carbocycles. The van der Waals surface area contributed by atoms with Crippen molar-refractivity contribution in [1.29, 1.82) is 0 Å². The second-order valence-corrected chi connectivity index (χ2v) is 3.65. The lowest BCUT2D eigenvalue weighted by molar-refractivity contribution is -0.138. The van der Waals surface area contributed by atoms with Crippen molar-refractivity contribution in [3.05, 3.63) is 26.9 Å². The molecule has 0 spiro atoms. The van der Waals surface area contributed by atoms with Crippen molar-refractivity contribution in [3.8, 4) is 0 Å². The molecule has 8 heteroatoms. The first-order valence-electron chi connectivity index (χ1n) is 3.44. The lowest BCUT2D eigenvalue weighted by Gasteiger charge is -2.11. The minimum atomic E-state index is -4.68. The van der Waals surface area contributed by atoms with Crippen LogP contribution in [0.3, 0.4) is 0 Å². The molecule has 1 rings (SSSR count). The third-order valence-electron chi connectivity index (χ3n) is 1.50. The molecule has 1 aromatic rings. The van der Waals surface area contributed by atoms with Crippen LogP contribution in [0.4, 0.5) is 22.0 Å². The highest BCUT2D eigenvalue weighted by Gasteiger charge is 2.35. The molecule has 0 aromatic carbocycles. The Morgan fingerprint density at radius 1 is 1.33 bits per heavy atom. The minimum Gasteiger partial charge on any atom is -0.253 e. The van der Waals surface area contributed by atoms with E-state index >= 15 is 0 Å². The maximum atomic E-state index is 12.2. The smallest absolute Gasteiger partial charge is 0.253 e. The number of halogens is 7. The van der Waals surface area contributed by atoms with Crippen LogP contribution >= 0.6 is 27.5 Å². The molecule has 0 fully saturated rings. The van der Waals surface area contributed by atoms with Gasteiger partial charge in [0, 0.05) is 6.20 Å². The van der Waals surface area contributed by atoms with E-state index in [0.29, 0.717) is 6.20 Å². The van der Waals surface area contributed by atoms with Crippen LogP contribution in [0.2, 0.25) is 5.02 Å². The molecule has 1 heterocycles. The summed E-state index contributed by atoms with van der Waals surface area (Å²) >= 11 is 7.82. The molecule has 0 saturated carbocycles. The summed E-state index contributed by atoms with van der Waals surface area (Å²) in [6, 6.07) is 0. The van der Waals surface area contributed by atoms with Crippen molar-refractivity contribution in [2.45, 2.75) is 12.6 Å². The van der Waals surface area contributed by atoms with Crippen molar-refractivity contribution in [1.82, 2.24) is 4.98 Å². The third kappa shape index (κ3) is 2.57. The summed E-state index contributed by atoms with van der Waals surface area (Å²) in [6.45, 7) is 0. The highest BCUT2D eigenvalue weighted by molar-refractivity contribution is 9.10. The van der Waals surface area contributed by atoms with Crippen LogP contribution in [0.5, 0.6) is 0 Å². The van der Waals surface area contributed by atoms with Crippen molar-refractivity contribution >= 4 is 27.5 Å². The summed E-state index contributed by atoms with van der Waals surface area (Å²) in [6.07, 6.45) is -7.38. The Kier molecular flexibility index (Phi) is 3.55. The average Bonchev–Trinajstić information content (AvgIpc) is 2.06. The summed E-state index contributed by atoms with van der Waals surface area (Å²) in [5, 5.41) is -0.722. The van der Waals surface area contributed by atoms with Gasteiger partial charge in [-0.2, -0.15) is 13.2 Å². The van der Waals surface area contributed by atoms with Crippen LogP contribution in [-0.4, -0.2) is 4.98 Å². The van der Waals surface area contributed by atoms with Gasteiger partial charge in [-0.05, 0) is 15.9 Å². The minimum absolute atomic E-state index is 0.317. The molecule has 0 atom stereocenters. The normalized spacial score (nSPS) is 12.3. The van der Waals surface area contributed by atoms with E-state index in [9.17, 15) is 22.0 Å². The quantitative estimate of drug-likeness (QED) is 0.698. The summed E-state index contributed by atoms with van der Waals surface area (Å²) < 4.78 is 60.5. The second-order valence-electron chi connectivity index (χ2n) is 2.48. The first-order chi connectivity index (χ1) is 6.75. The van der Waals surface area contributed by atoms with Gasteiger partial charge in [-0.3, -0.25) is 4.98 Å². The molecule has 0 unspecified atom stereocenters. The van der Waals surface area contributed by atoms with Gasteiger partial charge in [-0.1, -0.05) is 11.6 Å². The van der Waals surface area contributed by atoms with E-state index in [-0.39, 0.29) is 0 Å². The topological polar surface area (TPSA) is 12.9 Å². The highest BCUT2D eigenvalue weighted by atomic mass is 79.9. The largest absolute Gasteiger partial charge is 0.419 e. The van der Waals surface area contributed by atoms with E-state index in [1.165, 1.54) is 0 Å².